The van der Waals surface area contributed by atoms with Crippen LogP contribution in [0.2, 0.25) is 0 Å². The van der Waals surface area contributed by atoms with Gasteiger partial charge in [-0.05, 0) is 45.4 Å². The van der Waals surface area contributed by atoms with Crippen LogP contribution in [0.4, 0.5) is 4.39 Å². The number of rotatable bonds is 6. The second kappa shape index (κ2) is 8.26. The summed E-state index contributed by atoms with van der Waals surface area (Å²) in [7, 11) is 0.636. The molecule has 1 aromatic heterocycles. The molecule has 1 aliphatic heterocycles. The molecule has 0 spiro atoms. The van der Waals surface area contributed by atoms with Gasteiger partial charge in [-0.2, -0.15) is 0 Å². The second-order valence-corrected chi connectivity index (χ2v) is 8.88. The monoisotopic (exact) mass is 440 g/mol. The van der Waals surface area contributed by atoms with E-state index in [9.17, 15) is 9.18 Å². The number of hydrogen-bond acceptors (Lipinski definition) is 6. The van der Waals surface area contributed by atoms with Crippen molar-refractivity contribution in [3.05, 3.63) is 59.6 Å². The molecule has 0 N–H and O–H groups in total. The van der Waals surface area contributed by atoms with Crippen LogP contribution in [0.1, 0.15) is 38.8 Å². The molecule has 8 heteroatoms. The summed E-state index contributed by atoms with van der Waals surface area (Å²) in [5.74, 6) is -0.264. The molecule has 0 saturated carbocycles. The molecular weight excluding hydrogens is 414 g/mol. The first-order chi connectivity index (χ1) is 15.1. The summed E-state index contributed by atoms with van der Waals surface area (Å²) < 4.78 is 43.0. The van der Waals surface area contributed by atoms with Crippen molar-refractivity contribution in [3.8, 4) is 5.75 Å². The van der Waals surface area contributed by atoms with E-state index in [1.54, 1.807) is 18.2 Å². The van der Waals surface area contributed by atoms with E-state index in [0.717, 1.165) is 11.8 Å². The van der Waals surface area contributed by atoms with Crippen LogP contribution in [0.15, 0.2) is 47.1 Å². The highest BCUT2D eigenvalue weighted by atomic mass is 19.1. The Morgan fingerprint density at radius 3 is 2.47 bits per heavy atom. The summed E-state index contributed by atoms with van der Waals surface area (Å²) in [6, 6.07) is 10.8. The molecule has 0 aliphatic carbocycles. The minimum Gasteiger partial charge on any atom is -0.489 e. The minimum atomic E-state index is -0.709. The Kier molecular flexibility index (Phi) is 5.77. The molecule has 168 valence electrons. The smallest absolute Gasteiger partial charge is 0.489 e. The first-order valence-electron chi connectivity index (χ1n) is 10.4. The number of furan rings is 1. The van der Waals surface area contributed by atoms with Crippen molar-refractivity contribution in [3.63, 3.8) is 0 Å². The number of carbonyl (C=O) groups is 1. The third kappa shape index (κ3) is 4.12. The van der Waals surface area contributed by atoms with E-state index in [1.165, 1.54) is 7.11 Å². The lowest BCUT2D eigenvalue weighted by atomic mass is 9.77. The fourth-order valence-electron chi connectivity index (χ4n) is 3.60. The van der Waals surface area contributed by atoms with Crippen molar-refractivity contribution >= 4 is 29.5 Å². The van der Waals surface area contributed by atoms with Crippen LogP contribution in [-0.2, 0) is 31.9 Å². The van der Waals surface area contributed by atoms with Gasteiger partial charge in [-0.25, -0.2) is 4.39 Å². The second-order valence-electron chi connectivity index (χ2n) is 8.88. The van der Waals surface area contributed by atoms with Gasteiger partial charge in [0.15, 0.2) is 5.82 Å². The number of hydrogen-bond donors (Lipinski definition) is 0. The Morgan fingerprint density at radius 1 is 1.09 bits per heavy atom. The topological polar surface area (TPSA) is 67.1 Å². The van der Waals surface area contributed by atoms with Crippen molar-refractivity contribution in [2.75, 3.05) is 7.11 Å². The molecule has 1 aliphatic rings. The number of para-hydroxylation sites is 1. The third-order valence-corrected chi connectivity index (χ3v) is 6.15. The maximum absolute atomic E-state index is 14.4. The number of halogens is 1. The molecule has 6 nitrogen and oxygen atoms in total. The number of ether oxygens (including phenoxy) is 2. The Bertz CT molecular complexity index is 1140. The first kappa shape index (κ1) is 22.4. The van der Waals surface area contributed by atoms with Gasteiger partial charge in [0, 0.05) is 11.0 Å². The summed E-state index contributed by atoms with van der Waals surface area (Å²) in [5.41, 5.74) is 1.32. The number of benzene rings is 2. The van der Waals surface area contributed by atoms with Crippen molar-refractivity contribution in [1.82, 2.24) is 0 Å². The van der Waals surface area contributed by atoms with Gasteiger partial charge >= 0.3 is 13.1 Å². The van der Waals surface area contributed by atoms with E-state index in [4.69, 9.17) is 23.2 Å². The molecule has 1 saturated heterocycles. The van der Waals surface area contributed by atoms with Crippen LogP contribution in [0.5, 0.6) is 5.75 Å². The largest absolute Gasteiger partial charge is 0.498 e. The Balaban J connectivity index is 1.64. The fourth-order valence-corrected chi connectivity index (χ4v) is 3.60. The van der Waals surface area contributed by atoms with E-state index in [-0.39, 0.29) is 19.0 Å². The SMILES string of the molecule is COC(=O)Cc1ccccc1OCc1cc(B2OC(C)(C)C(C)(C)O2)c2occ(F)c2c1. The van der Waals surface area contributed by atoms with E-state index < -0.39 is 24.1 Å². The molecule has 0 amide bonds. The van der Waals surface area contributed by atoms with Gasteiger partial charge < -0.3 is 23.2 Å². The standard InChI is InChI=1S/C24H26BFO6/c1-23(2)24(3,4)32-25(31-23)18-11-15(10-17-19(26)14-30-22(17)18)13-29-20-9-7-6-8-16(20)12-21(27)28-5/h6-11,14H,12-13H2,1-5H3. The Morgan fingerprint density at radius 2 is 1.78 bits per heavy atom. The Labute approximate surface area is 186 Å². The number of fused-ring (bicyclic) bond motifs is 1. The average molecular weight is 440 g/mol. The van der Waals surface area contributed by atoms with E-state index in [1.807, 2.05) is 45.9 Å². The zero-order valence-electron chi connectivity index (χ0n) is 18.9. The predicted molar refractivity (Wildman–Crippen MR) is 118 cm³/mol. The molecule has 4 rings (SSSR count). The molecule has 0 bridgehead atoms. The van der Waals surface area contributed by atoms with Crippen LogP contribution in [0, 0.1) is 5.82 Å². The van der Waals surface area contributed by atoms with Gasteiger partial charge in [-0.15, -0.1) is 0 Å². The van der Waals surface area contributed by atoms with Gasteiger partial charge in [0.25, 0.3) is 0 Å². The normalized spacial score (nSPS) is 17.0. The van der Waals surface area contributed by atoms with Crippen molar-refractivity contribution in [1.29, 1.82) is 0 Å². The molecule has 3 aromatic rings. The summed E-state index contributed by atoms with van der Waals surface area (Å²) >= 11 is 0. The molecule has 0 unspecified atom stereocenters. The van der Waals surface area contributed by atoms with Crippen LogP contribution < -0.4 is 10.2 Å². The zero-order chi connectivity index (χ0) is 23.1. The van der Waals surface area contributed by atoms with E-state index >= 15 is 0 Å². The molecule has 32 heavy (non-hydrogen) atoms. The third-order valence-electron chi connectivity index (χ3n) is 6.15. The summed E-state index contributed by atoms with van der Waals surface area (Å²) in [4.78, 5) is 11.7. The quantitative estimate of drug-likeness (QED) is 0.424. The summed E-state index contributed by atoms with van der Waals surface area (Å²) in [5, 5.41) is 0.332. The number of carbonyl (C=O) groups excluding carboxylic acids is 1. The highest BCUT2D eigenvalue weighted by molar-refractivity contribution is 6.64. The minimum absolute atomic E-state index is 0.0984. The number of methoxy groups -OCH3 is 1. The molecule has 0 radical (unpaired) electrons. The van der Waals surface area contributed by atoms with Crippen molar-refractivity contribution in [2.24, 2.45) is 0 Å². The van der Waals surface area contributed by atoms with Crippen LogP contribution in [0.25, 0.3) is 11.0 Å². The average Bonchev–Trinajstić information content (AvgIpc) is 3.22. The highest BCUT2D eigenvalue weighted by Crippen LogP contribution is 2.37. The molecule has 2 aromatic carbocycles. The molecule has 2 heterocycles. The lowest BCUT2D eigenvalue weighted by Gasteiger charge is -2.32. The van der Waals surface area contributed by atoms with Crippen LogP contribution >= 0.6 is 0 Å². The fraction of sp³-hybridized carbons (Fsp3) is 0.375. The van der Waals surface area contributed by atoms with Gasteiger partial charge in [-0.3, -0.25) is 4.79 Å². The van der Waals surface area contributed by atoms with Crippen molar-refractivity contribution in [2.45, 2.75) is 51.9 Å². The van der Waals surface area contributed by atoms with Crippen LogP contribution in [-0.4, -0.2) is 31.4 Å². The van der Waals surface area contributed by atoms with Gasteiger partial charge in [0.05, 0.1) is 30.1 Å². The number of esters is 1. The molecule has 0 atom stereocenters. The summed E-state index contributed by atoms with van der Waals surface area (Å²) in [6.45, 7) is 7.98. The zero-order valence-corrected chi connectivity index (χ0v) is 18.9. The van der Waals surface area contributed by atoms with E-state index in [0.29, 0.717) is 27.7 Å². The van der Waals surface area contributed by atoms with E-state index in [2.05, 4.69) is 0 Å². The molecular formula is C24H26BFO6. The lowest BCUT2D eigenvalue weighted by Crippen LogP contribution is -2.41. The highest BCUT2D eigenvalue weighted by Gasteiger charge is 2.52. The Hall–Kier alpha value is -2.84. The van der Waals surface area contributed by atoms with Gasteiger partial charge in [-0.1, -0.05) is 24.3 Å². The van der Waals surface area contributed by atoms with Gasteiger partial charge in [0.2, 0.25) is 0 Å². The first-order valence-corrected chi connectivity index (χ1v) is 10.4. The lowest BCUT2D eigenvalue weighted by molar-refractivity contribution is -0.139. The maximum Gasteiger partial charge on any atom is 0.498 e. The van der Waals surface area contributed by atoms with Gasteiger partial charge in [0.1, 0.15) is 24.2 Å². The van der Waals surface area contributed by atoms with Crippen LogP contribution in [0.3, 0.4) is 0 Å². The maximum atomic E-state index is 14.4. The van der Waals surface area contributed by atoms with Crippen molar-refractivity contribution < 1.29 is 32.4 Å². The summed E-state index contributed by atoms with van der Waals surface area (Å²) in [6.07, 6.45) is 1.18. The predicted octanol–water partition coefficient (Wildman–Crippen LogP) is 4.17. The molecule has 1 fully saturated rings.